The van der Waals surface area contributed by atoms with Gasteiger partial charge in [0.2, 0.25) is 5.91 Å². The van der Waals surface area contributed by atoms with Gasteiger partial charge in [-0.15, -0.1) is 0 Å². The summed E-state index contributed by atoms with van der Waals surface area (Å²) in [5, 5.41) is 3.06. The summed E-state index contributed by atoms with van der Waals surface area (Å²) in [5.41, 5.74) is 1.10. The third kappa shape index (κ3) is 4.84. The Labute approximate surface area is 169 Å². The molecule has 1 amide bonds. The molecule has 3 heterocycles. The maximum Gasteiger partial charge on any atom is 0.294 e. The maximum absolute atomic E-state index is 12.8. The van der Waals surface area contributed by atoms with Crippen LogP contribution in [0, 0.1) is 5.92 Å². The van der Waals surface area contributed by atoms with Crippen molar-refractivity contribution >= 4 is 34.7 Å². The van der Waals surface area contributed by atoms with E-state index in [0.717, 1.165) is 31.6 Å². The minimum atomic E-state index is -0.166. The number of anilines is 1. The standard InChI is InChI=1S/C20H29N5O2S/c1-3-12-28-13-6-10-22-19(26)15-7-5-11-25(14-15)18-20(27)24(2)17-16(23-18)8-4-9-21-17/h4,8-9,15H,3,5-7,10-14H2,1-2H3,(H,22,26). The number of hydrogen-bond donors (Lipinski definition) is 1. The van der Waals surface area contributed by atoms with E-state index in [9.17, 15) is 9.59 Å². The Morgan fingerprint density at radius 3 is 3.07 bits per heavy atom. The molecule has 1 unspecified atom stereocenters. The molecule has 0 radical (unpaired) electrons. The van der Waals surface area contributed by atoms with E-state index in [-0.39, 0.29) is 17.4 Å². The first-order valence-electron chi connectivity index (χ1n) is 10.0. The molecular formula is C20H29N5O2S. The molecule has 1 saturated heterocycles. The summed E-state index contributed by atoms with van der Waals surface area (Å²) < 4.78 is 1.54. The minimum absolute atomic E-state index is 0.0875. The minimum Gasteiger partial charge on any atom is -0.356 e. The number of piperidine rings is 1. The van der Waals surface area contributed by atoms with E-state index in [1.165, 1.54) is 16.7 Å². The number of fused-ring (bicyclic) bond motifs is 1. The van der Waals surface area contributed by atoms with Crippen molar-refractivity contribution in [3.63, 3.8) is 0 Å². The molecule has 7 nitrogen and oxygen atoms in total. The SMILES string of the molecule is CCCSCCCNC(=O)C1CCCN(c2nc3cccnc3n(C)c2=O)C1. The molecule has 1 aliphatic heterocycles. The Hall–Kier alpha value is -2.09. The lowest BCUT2D eigenvalue weighted by Gasteiger charge is -2.32. The van der Waals surface area contributed by atoms with E-state index in [2.05, 4.69) is 22.2 Å². The number of pyridine rings is 1. The van der Waals surface area contributed by atoms with Crippen LogP contribution in [0.5, 0.6) is 0 Å². The van der Waals surface area contributed by atoms with Gasteiger partial charge in [-0.3, -0.25) is 14.2 Å². The highest BCUT2D eigenvalue weighted by atomic mass is 32.2. The number of aryl methyl sites for hydroxylation is 1. The number of carbonyl (C=O) groups excluding carboxylic acids is 1. The average molecular weight is 404 g/mol. The van der Waals surface area contributed by atoms with Gasteiger partial charge in [0.1, 0.15) is 5.52 Å². The third-order valence-corrected chi connectivity index (χ3v) is 6.29. The molecule has 0 aromatic carbocycles. The first kappa shape index (κ1) is 20.6. The number of aromatic nitrogens is 3. The number of thioether (sulfide) groups is 1. The lowest BCUT2D eigenvalue weighted by atomic mass is 9.97. The number of amides is 1. The van der Waals surface area contributed by atoms with Crippen molar-refractivity contribution < 1.29 is 4.79 Å². The van der Waals surface area contributed by atoms with Crippen LogP contribution in [-0.4, -0.2) is 51.6 Å². The van der Waals surface area contributed by atoms with Gasteiger partial charge in [0.25, 0.3) is 5.56 Å². The first-order chi connectivity index (χ1) is 13.6. The van der Waals surface area contributed by atoms with Crippen molar-refractivity contribution in [3.05, 3.63) is 28.7 Å². The van der Waals surface area contributed by atoms with E-state index in [4.69, 9.17) is 0 Å². The van der Waals surface area contributed by atoms with Gasteiger partial charge < -0.3 is 10.2 Å². The van der Waals surface area contributed by atoms with Crippen LogP contribution >= 0.6 is 11.8 Å². The third-order valence-electron chi connectivity index (χ3n) is 5.01. The monoisotopic (exact) mass is 403 g/mol. The molecule has 0 saturated carbocycles. The van der Waals surface area contributed by atoms with Crippen LogP contribution < -0.4 is 15.8 Å². The summed E-state index contributed by atoms with van der Waals surface area (Å²) in [5.74, 6) is 2.65. The molecule has 1 atom stereocenters. The van der Waals surface area contributed by atoms with Gasteiger partial charge in [-0.25, -0.2) is 9.97 Å². The topological polar surface area (TPSA) is 80.1 Å². The van der Waals surface area contributed by atoms with Crippen molar-refractivity contribution in [1.82, 2.24) is 19.9 Å². The summed E-state index contributed by atoms with van der Waals surface area (Å²) in [6, 6.07) is 3.67. The second-order valence-electron chi connectivity index (χ2n) is 7.19. The molecule has 3 rings (SSSR count). The average Bonchev–Trinajstić information content (AvgIpc) is 2.73. The molecule has 2 aromatic rings. The number of hydrogen-bond acceptors (Lipinski definition) is 6. The van der Waals surface area contributed by atoms with Gasteiger partial charge in [0.15, 0.2) is 11.5 Å². The van der Waals surface area contributed by atoms with Crippen LogP contribution in [0.3, 0.4) is 0 Å². The first-order valence-corrected chi connectivity index (χ1v) is 11.2. The van der Waals surface area contributed by atoms with Gasteiger partial charge in [-0.2, -0.15) is 11.8 Å². The molecule has 8 heteroatoms. The fraction of sp³-hybridized carbons (Fsp3) is 0.600. The van der Waals surface area contributed by atoms with E-state index in [1.807, 2.05) is 28.8 Å². The highest BCUT2D eigenvalue weighted by Crippen LogP contribution is 2.21. The Bertz CT molecular complexity index is 869. The van der Waals surface area contributed by atoms with Crippen molar-refractivity contribution in [3.8, 4) is 0 Å². The van der Waals surface area contributed by atoms with Crippen LogP contribution in [0.1, 0.15) is 32.6 Å². The zero-order valence-electron chi connectivity index (χ0n) is 16.7. The number of nitrogens with one attached hydrogen (secondary N) is 1. The molecular weight excluding hydrogens is 374 g/mol. The lowest BCUT2D eigenvalue weighted by molar-refractivity contribution is -0.125. The molecule has 1 fully saturated rings. The summed E-state index contributed by atoms with van der Waals surface area (Å²) in [4.78, 5) is 36.1. The number of carbonyl (C=O) groups is 1. The molecule has 1 N–H and O–H groups in total. The molecule has 152 valence electrons. The Kier molecular flexibility index (Phi) is 7.30. The Balaban J connectivity index is 1.63. The quantitative estimate of drug-likeness (QED) is 0.681. The molecule has 0 spiro atoms. The molecule has 28 heavy (non-hydrogen) atoms. The predicted octanol–water partition coefficient (Wildman–Crippen LogP) is 2.19. The summed E-state index contributed by atoms with van der Waals surface area (Å²) in [6.45, 7) is 4.17. The highest BCUT2D eigenvalue weighted by Gasteiger charge is 2.28. The van der Waals surface area contributed by atoms with Crippen LogP contribution in [0.4, 0.5) is 5.82 Å². The van der Waals surface area contributed by atoms with Crippen LogP contribution in [0.25, 0.3) is 11.2 Å². The second-order valence-corrected chi connectivity index (χ2v) is 8.41. The summed E-state index contributed by atoms with van der Waals surface area (Å²) in [7, 11) is 1.72. The van der Waals surface area contributed by atoms with Crippen molar-refractivity contribution in [1.29, 1.82) is 0 Å². The zero-order valence-corrected chi connectivity index (χ0v) is 17.5. The van der Waals surface area contributed by atoms with Crippen LogP contribution in [-0.2, 0) is 11.8 Å². The van der Waals surface area contributed by atoms with E-state index in [0.29, 0.717) is 30.1 Å². The summed E-state index contributed by atoms with van der Waals surface area (Å²) in [6.07, 6.45) is 5.56. The lowest BCUT2D eigenvalue weighted by Crippen LogP contribution is -2.45. The highest BCUT2D eigenvalue weighted by molar-refractivity contribution is 7.99. The van der Waals surface area contributed by atoms with Gasteiger partial charge in [-0.1, -0.05) is 6.92 Å². The fourth-order valence-electron chi connectivity index (χ4n) is 3.51. The second kappa shape index (κ2) is 9.91. The molecule has 0 bridgehead atoms. The van der Waals surface area contributed by atoms with E-state index in [1.54, 1.807) is 13.2 Å². The normalized spacial score (nSPS) is 17.1. The van der Waals surface area contributed by atoms with Crippen molar-refractivity contribution in [2.24, 2.45) is 13.0 Å². The fourth-order valence-corrected chi connectivity index (χ4v) is 4.35. The molecule has 0 aliphatic carbocycles. The van der Waals surface area contributed by atoms with Crippen molar-refractivity contribution in [2.45, 2.75) is 32.6 Å². The number of rotatable bonds is 8. The van der Waals surface area contributed by atoms with Crippen LogP contribution in [0.15, 0.2) is 23.1 Å². The van der Waals surface area contributed by atoms with E-state index >= 15 is 0 Å². The predicted molar refractivity (Wildman–Crippen MR) is 115 cm³/mol. The molecule has 2 aromatic heterocycles. The maximum atomic E-state index is 12.8. The van der Waals surface area contributed by atoms with Gasteiger partial charge >= 0.3 is 0 Å². The van der Waals surface area contributed by atoms with Crippen molar-refractivity contribution in [2.75, 3.05) is 36.0 Å². The number of nitrogens with zero attached hydrogens (tertiary/aromatic N) is 4. The summed E-state index contributed by atoms with van der Waals surface area (Å²) >= 11 is 1.93. The Morgan fingerprint density at radius 1 is 1.39 bits per heavy atom. The van der Waals surface area contributed by atoms with Gasteiger partial charge in [0.05, 0.1) is 5.92 Å². The van der Waals surface area contributed by atoms with E-state index < -0.39 is 0 Å². The van der Waals surface area contributed by atoms with Gasteiger partial charge in [0, 0.05) is 32.9 Å². The largest absolute Gasteiger partial charge is 0.356 e. The van der Waals surface area contributed by atoms with Crippen LogP contribution in [0.2, 0.25) is 0 Å². The molecule has 1 aliphatic rings. The zero-order chi connectivity index (χ0) is 19.9. The smallest absolute Gasteiger partial charge is 0.294 e. The van der Waals surface area contributed by atoms with Gasteiger partial charge in [-0.05, 0) is 49.3 Å². The Morgan fingerprint density at radius 2 is 2.25 bits per heavy atom.